The van der Waals surface area contributed by atoms with Crippen molar-refractivity contribution in [3.8, 4) is 0 Å². The van der Waals surface area contributed by atoms with Gasteiger partial charge in [0.15, 0.2) is 0 Å². The number of Topliss-reactive ketones (excluding diaryl/α,β-unsaturated/α-hetero) is 1. The fourth-order valence-corrected chi connectivity index (χ4v) is 0.971. The minimum absolute atomic E-state index is 0.0949. The smallest absolute Gasteiger partial charge is 0.129 e. The second-order valence-corrected chi connectivity index (χ2v) is 2.81. The molecule has 0 bridgehead atoms. The maximum absolute atomic E-state index is 10.6. The third kappa shape index (κ3) is 2.51. The van der Waals surface area contributed by atoms with Crippen molar-refractivity contribution in [2.24, 2.45) is 0 Å². The molecule has 0 amide bonds. The molecule has 1 aromatic rings. The number of furan rings is 1. The van der Waals surface area contributed by atoms with E-state index in [0.29, 0.717) is 12.8 Å². The van der Waals surface area contributed by atoms with Crippen molar-refractivity contribution in [3.63, 3.8) is 0 Å². The van der Waals surface area contributed by atoms with Crippen LogP contribution in [0, 0.1) is 0 Å². The van der Waals surface area contributed by atoms with Gasteiger partial charge < -0.3 is 14.3 Å². The van der Waals surface area contributed by atoms with E-state index in [1.807, 2.05) is 0 Å². The Morgan fingerprint density at radius 3 is 3.00 bits per heavy atom. The minimum Gasteiger partial charge on any atom is -0.472 e. The molecule has 1 rings (SSSR count). The highest BCUT2D eigenvalue weighted by Crippen LogP contribution is 2.18. The van der Waals surface area contributed by atoms with Gasteiger partial charge in [-0.2, -0.15) is 0 Å². The fraction of sp³-hybridized carbons (Fsp3) is 0.444. The van der Waals surface area contributed by atoms with Crippen molar-refractivity contribution >= 4 is 5.78 Å². The summed E-state index contributed by atoms with van der Waals surface area (Å²) >= 11 is 0. The lowest BCUT2D eigenvalue weighted by molar-refractivity contribution is -0.117. The fourth-order valence-electron chi connectivity index (χ4n) is 0.971. The molecule has 0 aromatic carbocycles. The highest BCUT2D eigenvalue weighted by molar-refractivity contribution is 5.75. The number of carbonyl (C=O) groups is 1. The summed E-state index contributed by atoms with van der Waals surface area (Å²) in [4.78, 5) is 10.6. The van der Waals surface area contributed by atoms with E-state index in [1.54, 1.807) is 6.07 Å². The average molecular weight is 168 g/mol. The van der Waals surface area contributed by atoms with Gasteiger partial charge in [-0.25, -0.2) is 0 Å². The maximum atomic E-state index is 10.6. The molecule has 0 fully saturated rings. The molecule has 0 aliphatic heterocycles. The molecule has 0 aliphatic carbocycles. The van der Waals surface area contributed by atoms with Crippen LogP contribution in [-0.2, 0) is 4.79 Å². The van der Waals surface area contributed by atoms with Crippen LogP contribution >= 0.6 is 0 Å². The van der Waals surface area contributed by atoms with Gasteiger partial charge in [-0.3, -0.25) is 0 Å². The van der Waals surface area contributed by atoms with E-state index in [4.69, 9.17) is 4.42 Å². The van der Waals surface area contributed by atoms with Gasteiger partial charge in [0.1, 0.15) is 5.78 Å². The summed E-state index contributed by atoms with van der Waals surface area (Å²) in [5.41, 5.74) is 0.733. The molecule has 1 heterocycles. The van der Waals surface area contributed by atoms with Crippen LogP contribution in [0.5, 0.6) is 0 Å². The van der Waals surface area contributed by atoms with Crippen molar-refractivity contribution in [2.75, 3.05) is 0 Å². The zero-order valence-electron chi connectivity index (χ0n) is 6.99. The van der Waals surface area contributed by atoms with Crippen molar-refractivity contribution in [1.82, 2.24) is 0 Å². The lowest BCUT2D eigenvalue weighted by Gasteiger charge is -2.05. The lowest BCUT2D eigenvalue weighted by Crippen LogP contribution is -1.99. The summed E-state index contributed by atoms with van der Waals surface area (Å²) in [5.74, 6) is 0.0949. The number of hydrogen-bond donors (Lipinski definition) is 1. The molecule has 1 aromatic heterocycles. The summed E-state index contributed by atoms with van der Waals surface area (Å²) in [7, 11) is 0. The van der Waals surface area contributed by atoms with Gasteiger partial charge in [-0.15, -0.1) is 0 Å². The van der Waals surface area contributed by atoms with E-state index in [9.17, 15) is 9.90 Å². The summed E-state index contributed by atoms with van der Waals surface area (Å²) in [5, 5.41) is 9.45. The van der Waals surface area contributed by atoms with Crippen LogP contribution in [0.4, 0.5) is 0 Å². The van der Waals surface area contributed by atoms with E-state index in [1.165, 1.54) is 19.5 Å². The van der Waals surface area contributed by atoms with E-state index in [-0.39, 0.29) is 5.78 Å². The van der Waals surface area contributed by atoms with Gasteiger partial charge in [0, 0.05) is 12.0 Å². The molecule has 0 saturated carbocycles. The standard InChI is InChI=1S/C9H12O3/c1-7(10)2-3-9(11)8-4-5-12-6-8/h4-6,9,11H,2-3H2,1H3/t9-/m0/s1. The molecular weight excluding hydrogens is 156 g/mol. The predicted octanol–water partition coefficient (Wildman–Crippen LogP) is 1.68. The average Bonchev–Trinajstić information content (AvgIpc) is 2.51. The van der Waals surface area contributed by atoms with Gasteiger partial charge in [0.2, 0.25) is 0 Å². The van der Waals surface area contributed by atoms with Crippen LogP contribution in [0.3, 0.4) is 0 Å². The molecule has 1 atom stereocenters. The van der Waals surface area contributed by atoms with Crippen LogP contribution in [0.25, 0.3) is 0 Å². The van der Waals surface area contributed by atoms with Crippen molar-refractivity contribution in [1.29, 1.82) is 0 Å². The Hall–Kier alpha value is -1.09. The second kappa shape index (κ2) is 4.07. The van der Waals surface area contributed by atoms with Crippen LogP contribution in [0.1, 0.15) is 31.4 Å². The van der Waals surface area contributed by atoms with Crippen LogP contribution in [-0.4, -0.2) is 10.9 Å². The molecule has 0 aliphatic rings. The highest BCUT2D eigenvalue weighted by atomic mass is 16.3. The number of aliphatic hydroxyl groups excluding tert-OH is 1. The van der Waals surface area contributed by atoms with Gasteiger partial charge in [-0.05, 0) is 19.4 Å². The second-order valence-electron chi connectivity index (χ2n) is 2.81. The van der Waals surface area contributed by atoms with E-state index in [0.717, 1.165) is 5.56 Å². The van der Waals surface area contributed by atoms with Crippen molar-refractivity contribution < 1.29 is 14.3 Å². The van der Waals surface area contributed by atoms with Gasteiger partial charge in [0.05, 0.1) is 18.6 Å². The normalized spacial score (nSPS) is 12.8. The SMILES string of the molecule is CC(=O)CC[C@H](O)c1ccoc1. The van der Waals surface area contributed by atoms with Crippen molar-refractivity contribution in [2.45, 2.75) is 25.9 Å². The molecule has 3 nitrogen and oxygen atoms in total. The Kier molecular flexibility index (Phi) is 3.05. The van der Waals surface area contributed by atoms with E-state index >= 15 is 0 Å². The molecule has 12 heavy (non-hydrogen) atoms. The molecule has 0 saturated heterocycles. The summed E-state index contributed by atoms with van der Waals surface area (Å²) < 4.78 is 4.80. The van der Waals surface area contributed by atoms with Gasteiger partial charge in [0.25, 0.3) is 0 Å². The molecule has 66 valence electrons. The van der Waals surface area contributed by atoms with Crippen LogP contribution in [0.2, 0.25) is 0 Å². The first-order valence-corrected chi connectivity index (χ1v) is 3.89. The van der Waals surface area contributed by atoms with E-state index < -0.39 is 6.10 Å². The first kappa shape index (κ1) is 9.00. The molecular formula is C9H12O3. The number of aliphatic hydroxyl groups is 1. The predicted molar refractivity (Wildman–Crippen MR) is 43.6 cm³/mol. The van der Waals surface area contributed by atoms with Crippen LogP contribution in [0.15, 0.2) is 23.0 Å². The lowest BCUT2D eigenvalue weighted by atomic mass is 10.1. The zero-order valence-corrected chi connectivity index (χ0v) is 6.99. The van der Waals surface area contributed by atoms with E-state index in [2.05, 4.69) is 0 Å². The molecule has 0 unspecified atom stereocenters. The third-order valence-electron chi connectivity index (χ3n) is 1.70. The molecule has 0 spiro atoms. The number of hydrogen-bond acceptors (Lipinski definition) is 3. The Morgan fingerprint density at radius 2 is 2.50 bits per heavy atom. The Balaban J connectivity index is 2.39. The topological polar surface area (TPSA) is 50.4 Å². The van der Waals surface area contributed by atoms with Crippen LogP contribution < -0.4 is 0 Å². The summed E-state index contributed by atoms with van der Waals surface area (Å²) in [6, 6.07) is 1.70. The van der Waals surface area contributed by atoms with Gasteiger partial charge >= 0.3 is 0 Å². The minimum atomic E-state index is -0.576. The Bertz CT molecular complexity index is 238. The summed E-state index contributed by atoms with van der Waals surface area (Å²) in [6.45, 7) is 1.52. The number of carbonyl (C=O) groups excluding carboxylic acids is 1. The number of rotatable bonds is 4. The van der Waals surface area contributed by atoms with Gasteiger partial charge in [-0.1, -0.05) is 0 Å². The Morgan fingerprint density at radius 1 is 1.75 bits per heavy atom. The molecule has 3 heteroatoms. The third-order valence-corrected chi connectivity index (χ3v) is 1.70. The first-order valence-electron chi connectivity index (χ1n) is 3.89. The molecule has 0 radical (unpaired) electrons. The van der Waals surface area contributed by atoms with Crippen molar-refractivity contribution in [3.05, 3.63) is 24.2 Å². The molecule has 1 N–H and O–H groups in total. The monoisotopic (exact) mass is 168 g/mol. The Labute approximate surface area is 71.0 Å². The largest absolute Gasteiger partial charge is 0.472 e. The quantitative estimate of drug-likeness (QED) is 0.744. The maximum Gasteiger partial charge on any atom is 0.129 e. The first-order chi connectivity index (χ1) is 5.70. The highest BCUT2D eigenvalue weighted by Gasteiger charge is 2.08. The number of ketones is 1. The zero-order chi connectivity index (χ0) is 8.97. The summed E-state index contributed by atoms with van der Waals surface area (Å²) in [6.07, 6.45) is 3.30.